The van der Waals surface area contributed by atoms with Crippen molar-refractivity contribution in [2.45, 2.75) is 44.9 Å². The quantitative estimate of drug-likeness (QED) is 0.223. The molecular formula is C20H42IN5O. The van der Waals surface area contributed by atoms with Gasteiger partial charge in [0.2, 0.25) is 0 Å². The van der Waals surface area contributed by atoms with Crippen LogP contribution in [0.1, 0.15) is 44.9 Å². The maximum Gasteiger partial charge on any atom is 0.190 e. The SMILES string of the molecule is CN=C(NCCCN1CCCN(C)CC1)NCC1(CCOC)CCCC1.I. The Balaban J connectivity index is 0.00000364. The summed E-state index contributed by atoms with van der Waals surface area (Å²) < 4.78 is 5.33. The van der Waals surface area contributed by atoms with Crippen molar-refractivity contribution in [3.63, 3.8) is 0 Å². The lowest BCUT2D eigenvalue weighted by atomic mass is 9.83. The number of hydrogen-bond donors (Lipinski definition) is 2. The van der Waals surface area contributed by atoms with Crippen molar-refractivity contribution in [2.24, 2.45) is 10.4 Å². The standard InChI is InChI=1S/C20H41N5O.HI/c1-21-19(23-18-20(10-17-26-3)8-4-5-9-20)22-11-6-13-25-14-7-12-24(2)15-16-25;/h4-18H2,1-3H3,(H2,21,22,23);1H. The van der Waals surface area contributed by atoms with Crippen molar-refractivity contribution in [3.8, 4) is 0 Å². The van der Waals surface area contributed by atoms with Crippen LogP contribution in [0.3, 0.4) is 0 Å². The molecule has 7 heteroatoms. The van der Waals surface area contributed by atoms with E-state index < -0.39 is 0 Å². The molecule has 0 unspecified atom stereocenters. The smallest absolute Gasteiger partial charge is 0.190 e. The molecule has 2 fully saturated rings. The van der Waals surface area contributed by atoms with Gasteiger partial charge in [-0.2, -0.15) is 0 Å². The molecule has 27 heavy (non-hydrogen) atoms. The maximum atomic E-state index is 5.33. The molecule has 0 aromatic heterocycles. The first-order valence-electron chi connectivity index (χ1n) is 10.5. The van der Waals surface area contributed by atoms with Gasteiger partial charge in [0.15, 0.2) is 5.96 Å². The number of nitrogens with zero attached hydrogens (tertiary/aromatic N) is 3. The maximum absolute atomic E-state index is 5.33. The van der Waals surface area contributed by atoms with Crippen LogP contribution in [0.4, 0.5) is 0 Å². The van der Waals surface area contributed by atoms with E-state index in [0.717, 1.165) is 32.1 Å². The second kappa shape index (κ2) is 14.0. The molecule has 2 aliphatic rings. The third-order valence-corrected chi connectivity index (χ3v) is 6.11. The molecule has 1 heterocycles. The molecule has 1 saturated heterocycles. The van der Waals surface area contributed by atoms with Gasteiger partial charge in [0.1, 0.15) is 0 Å². The third-order valence-electron chi connectivity index (χ3n) is 6.11. The predicted octanol–water partition coefficient (Wildman–Crippen LogP) is 2.39. The molecule has 1 saturated carbocycles. The zero-order valence-electron chi connectivity index (χ0n) is 17.8. The van der Waals surface area contributed by atoms with Crippen molar-refractivity contribution in [3.05, 3.63) is 0 Å². The van der Waals surface area contributed by atoms with Crippen molar-refractivity contribution >= 4 is 29.9 Å². The Bertz CT molecular complexity index is 415. The van der Waals surface area contributed by atoms with Crippen molar-refractivity contribution in [1.82, 2.24) is 20.4 Å². The highest BCUT2D eigenvalue weighted by Gasteiger charge is 2.33. The Labute approximate surface area is 183 Å². The molecule has 1 aliphatic heterocycles. The number of ether oxygens (including phenoxy) is 1. The minimum absolute atomic E-state index is 0. The van der Waals surface area contributed by atoms with E-state index in [2.05, 4.69) is 32.5 Å². The van der Waals surface area contributed by atoms with E-state index in [1.54, 1.807) is 7.11 Å². The van der Waals surface area contributed by atoms with E-state index in [1.165, 1.54) is 71.2 Å². The van der Waals surface area contributed by atoms with Crippen LogP contribution in [0.25, 0.3) is 0 Å². The van der Waals surface area contributed by atoms with Crippen molar-refractivity contribution < 1.29 is 4.74 Å². The Hall–Kier alpha value is -0.120. The van der Waals surface area contributed by atoms with Crippen LogP contribution in [0, 0.1) is 5.41 Å². The normalized spacial score (nSPS) is 21.5. The summed E-state index contributed by atoms with van der Waals surface area (Å²) in [6, 6.07) is 0. The summed E-state index contributed by atoms with van der Waals surface area (Å²) in [6.07, 6.45) is 8.92. The number of likely N-dealkylation sites (N-methyl/N-ethyl adjacent to an activating group) is 1. The highest BCUT2D eigenvalue weighted by molar-refractivity contribution is 14.0. The summed E-state index contributed by atoms with van der Waals surface area (Å²) in [5, 5.41) is 7.08. The number of rotatable bonds is 9. The summed E-state index contributed by atoms with van der Waals surface area (Å²) in [6.45, 7) is 8.89. The van der Waals surface area contributed by atoms with Crippen LogP contribution >= 0.6 is 24.0 Å². The van der Waals surface area contributed by atoms with E-state index in [9.17, 15) is 0 Å². The highest BCUT2D eigenvalue weighted by Crippen LogP contribution is 2.40. The van der Waals surface area contributed by atoms with Gasteiger partial charge in [-0.1, -0.05) is 12.8 Å². The second-order valence-corrected chi connectivity index (χ2v) is 8.15. The Morgan fingerprint density at radius 2 is 1.85 bits per heavy atom. The fourth-order valence-corrected chi connectivity index (χ4v) is 4.28. The molecule has 0 radical (unpaired) electrons. The molecule has 6 nitrogen and oxygen atoms in total. The summed E-state index contributed by atoms with van der Waals surface area (Å²) in [7, 11) is 5.90. The molecule has 160 valence electrons. The van der Waals surface area contributed by atoms with E-state index in [1.807, 2.05) is 7.05 Å². The average Bonchev–Trinajstić information content (AvgIpc) is 3.02. The minimum Gasteiger partial charge on any atom is -0.385 e. The van der Waals surface area contributed by atoms with Gasteiger partial charge in [-0.3, -0.25) is 4.99 Å². The van der Waals surface area contributed by atoms with Gasteiger partial charge in [-0.25, -0.2) is 0 Å². The van der Waals surface area contributed by atoms with Crippen molar-refractivity contribution in [2.75, 3.05) is 73.6 Å². The zero-order valence-corrected chi connectivity index (χ0v) is 20.1. The van der Waals surface area contributed by atoms with Gasteiger partial charge in [0.25, 0.3) is 0 Å². The van der Waals surface area contributed by atoms with Gasteiger partial charge in [-0.05, 0) is 64.2 Å². The first-order valence-corrected chi connectivity index (χ1v) is 10.5. The fourth-order valence-electron chi connectivity index (χ4n) is 4.28. The number of nitrogens with one attached hydrogen (secondary N) is 2. The predicted molar refractivity (Wildman–Crippen MR) is 125 cm³/mol. The topological polar surface area (TPSA) is 52.1 Å². The first kappa shape index (κ1) is 24.9. The molecule has 0 aromatic carbocycles. The summed E-state index contributed by atoms with van der Waals surface area (Å²) >= 11 is 0. The van der Waals surface area contributed by atoms with Gasteiger partial charge < -0.3 is 25.2 Å². The Morgan fingerprint density at radius 1 is 1.07 bits per heavy atom. The van der Waals surface area contributed by atoms with E-state index >= 15 is 0 Å². The lowest BCUT2D eigenvalue weighted by molar-refractivity contribution is 0.138. The Morgan fingerprint density at radius 3 is 2.56 bits per heavy atom. The van der Waals surface area contributed by atoms with Crippen LogP contribution in [-0.4, -0.2) is 89.4 Å². The number of halogens is 1. The molecule has 2 rings (SSSR count). The minimum atomic E-state index is 0. The largest absolute Gasteiger partial charge is 0.385 e. The van der Waals surface area contributed by atoms with E-state index in [-0.39, 0.29) is 24.0 Å². The fraction of sp³-hybridized carbons (Fsp3) is 0.950. The number of hydrogen-bond acceptors (Lipinski definition) is 4. The number of methoxy groups -OCH3 is 1. The summed E-state index contributed by atoms with van der Waals surface area (Å²) in [5.41, 5.74) is 0.395. The van der Waals surface area contributed by atoms with Crippen LogP contribution in [-0.2, 0) is 4.74 Å². The zero-order chi connectivity index (χ0) is 18.7. The molecule has 0 aromatic rings. The highest BCUT2D eigenvalue weighted by atomic mass is 127. The van der Waals surface area contributed by atoms with Gasteiger partial charge in [-0.15, -0.1) is 24.0 Å². The van der Waals surface area contributed by atoms with E-state index in [4.69, 9.17) is 4.74 Å². The van der Waals surface area contributed by atoms with Crippen LogP contribution in [0.15, 0.2) is 4.99 Å². The van der Waals surface area contributed by atoms with Gasteiger partial charge in [0, 0.05) is 46.9 Å². The molecular weight excluding hydrogens is 453 g/mol. The monoisotopic (exact) mass is 495 g/mol. The molecule has 0 atom stereocenters. The van der Waals surface area contributed by atoms with Gasteiger partial charge in [0.05, 0.1) is 0 Å². The molecule has 0 amide bonds. The van der Waals surface area contributed by atoms with Crippen LogP contribution in [0.5, 0.6) is 0 Å². The van der Waals surface area contributed by atoms with E-state index in [0.29, 0.717) is 5.41 Å². The van der Waals surface area contributed by atoms with Crippen molar-refractivity contribution in [1.29, 1.82) is 0 Å². The molecule has 2 N–H and O–H groups in total. The van der Waals surface area contributed by atoms with Gasteiger partial charge >= 0.3 is 0 Å². The summed E-state index contributed by atoms with van der Waals surface area (Å²) in [5.74, 6) is 0.948. The first-order chi connectivity index (χ1) is 12.7. The van der Waals surface area contributed by atoms with Crippen LogP contribution < -0.4 is 10.6 Å². The lowest BCUT2D eigenvalue weighted by Crippen LogP contribution is -2.44. The number of guanidine groups is 1. The Kier molecular flexibility index (Phi) is 12.9. The lowest BCUT2D eigenvalue weighted by Gasteiger charge is -2.30. The average molecular weight is 495 g/mol. The molecule has 0 bridgehead atoms. The molecule has 0 spiro atoms. The second-order valence-electron chi connectivity index (χ2n) is 8.15. The molecule has 1 aliphatic carbocycles. The number of aliphatic imine (C=N–C) groups is 1. The summed E-state index contributed by atoms with van der Waals surface area (Å²) in [4.78, 5) is 9.45. The van der Waals surface area contributed by atoms with Crippen LogP contribution in [0.2, 0.25) is 0 Å². The third kappa shape index (κ3) is 9.28.